The Morgan fingerprint density at radius 2 is 2.21 bits per heavy atom. The Kier molecular flexibility index (Phi) is 5.08. The summed E-state index contributed by atoms with van der Waals surface area (Å²) in [6.45, 7) is 2.59. The van der Waals surface area contributed by atoms with Gasteiger partial charge in [0.1, 0.15) is 0 Å². The van der Waals surface area contributed by atoms with Gasteiger partial charge in [0.15, 0.2) is 0 Å². The lowest BCUT2D eigenvalue weighted by Gasteiger charge is -2.12. The molecule has 3 aromatic rings. The van der Waals surface area contributed by atoms with Crippen LogP contribution in [0.3, 0.4) is 0 Å². The van der Waals surface area contributed by atoms with Crippen LogP contribution < -0.4 is 5.32 Å². The lowest BCUT2D eigenvalue weighted by atomic mass is 10.2. The van der Waals surface area contributed by atoms with Crippen LogP contribution in [-0.4, -0.2) is 39.5 Å². The zero-order valence-corrected chi connectivity index (χ0v) is 14.2. The summed E-state index contributed by atoms with van der Waals surface area (Å²) < 4.78 is 6.88. The topological polar surface area (TPSA) is 64.9 Å². The van der Waals surface area contributed by atoms with Gasteiger partial charge in [-0.05, 0) is 31.2 Å². The second kappa shape index (κ2) is 7.42. The van der Waals surface area contributed by atoms with Gasteiger partial charge in [0.05, 0.1) is 24.2 Å². The standard InChI is InChI=1S/C17H18ClN5O/c1-12(11-24-2)21-17-19-7-6-16(22-17)13-9-20-23(10-13)15-5-3-4-14(18)8-15/h3-10,12H,11H2,1-2H3,(H,19,21,22)/t12-/m0/s1. The highest BCUT2D eigenvalue weighted by Crippen LogP contribution is 2.20. The number of hydrogen-bond donors (Lipinski definition) is 1. The number of aromatic nitrogens is 4. The summed E-state index contributed by atoms with van der Waals surface area (Å²) in [5, 5.41) is 8.26. The Labute approximate surface area is 145 Å². The van der Waals surface area contributed by atoms with Gasteiger partial charge >= 0.3 is 0 Å². The Morgan fingerprint density at radius 1 is 1.33 bits per heavy atom. The van der Waals surface area contributed by atoms with E-state index in [1.807, 2.05) is 43.5 Å². The van der Waals surface area contributed by atoms with E-state index < -0.39 is 0 Å². The highest BCUT2D eigenvalue weighted by Gasteiger charge is 2.08. The van der Waals surface area contributed by atoms with Crippen molar-refractivity contribution in [3.63, 3.8) is 0 Å². The Balaban J connectivity index is 1.82. The first-order chi connectivity index (χ1) is 11.7. The van der Waals surface area contributed by atoms with Gasteiger partial charge in [-0.3, -0.25) is 0 Å². The quantitative estimate of drug-likeness (QED) is 0.742. The van der Waals surface area contributed by atoms with Crippen molar-refractivity contribution in [1.82, 2.24) is 19.7 Å². The van der Waals surface area contributed by atoms with E-state index in [0.29, 0.717) is 17.6 Å². The van der Waals surface area contributed by atoms with E-state index >= 15 is 0 Å². The van der Waals surface area contributed by atoms with Crippen LogP contribution in [0.25, 0.3) is 16.9 Å². The molecule has 0 radical (unpaired) electrons. The minimum atomic E-state index is 0.124. The molecule has 124 valence electrons. The first-order valence-corrected chi connectivity index (χ1v) is 7.93. The number of methoxy groups -OCH3 is 1. The lowest BCUT2D eigenvalue weighted by molar-refractivity contribution is 0.190. The van der Waals surface area contributed by atoms with E-state index in [1.165, 1.54) is 0 Å². The number of ether oxygens (including phenoxy) is 1. The third-order valence-corrected chi connectivity index (χ3v) is 3.63. The van der Waals surface area contributed by atoms with Gasteiger partial charge in [-0.25, -0.2) is 14.6 Å². The fraction of sp³-hybridized carbons (Fsp3) is 0.235. The van der Waals surface area contributed by atoms with Crippen LogP contribution >= 0.6 is 11.6 Å². The van der Waals surface area contributed by atoms with Gasteiger partial charge in [0.25, 0.3) is 0 Å². The molecule has 0 bridgehead atoms. The van der Waals surface area contributed by atoms with Crippen molar-refractivity contribution in [3.8, 4) is 16.9 Å². The van der Waals surface area contributed by atoms with Crippen molar-refractivity contribution >= 4 is 17.5 Å². The molecule has 0 amide bonds. The second-order valence-corrected chi connectivity index (χ2v) is 5.86. The molecule has 0 spiro atoms. The van der Waals surface area contributed by atoms with Crippen LogP contribution in [0.4, 0.5) is 5.95 Å². The van der Waals surface area contributed by atoms with E-state index in [2.05, 4.69) is 20.4 Å². The molecule has 0 saturated heterocycles. The molecular formula is C17H18ClN5O. The Hall–Kier alpha value is -2.44. The molecule has 0 aliphatic rings. The van der Waals surface area contributed by atoms with Gasteiger partial charge in [-0.1, -0.05) is 17.7 Å². The lowest BCUT2D eigenvalue weighted by Crippen LogP contribution is -2.22. The summed E-state index contributed by atoms with van der Waals surface area (Å²) in [5.74, 6) is 0.563. The fourth-order valence-electron chi connectivity index (χ4n) is 2.32. The van der Waals surface area contributed by atoms with E-state index in [0.717, 1.165) is 16.9 Å². The Bertz CT molecular complexity index is 820. The first kappa shape index (κ1) is 16.4. The molecule has 0 saturated carbocycles. The van der Waals surface area contributed by atoms with Crippen molar-refractivity contribution in [2.45, 2.75) is 13.0 Å². The summed E-state index contributed by atoms with van der Waals surface area (Å²) in [4.78, 5) is 8.77. The summed E-state index contributed by atoms with van der Waals surface area (Å²) >= 11 is 6.03. The molecule has 0 fully saturated rings. The summed E-state index contributed by atoms with van der Waals surface area (Å²) in [5.41, 5.74) is 2.60. The van der Waals surface area contributed by atoms with Gasteiger partial charge in [0.2, 0.25) is 5.95 Å². The fourth-order valence-corrected chi connectivity index (χ4v) is 2.50. The van der Waals surface area contributed by atoms with Crippen LogP contribution in [0.5, 0.6) is 0 Å². The maximum Gasteiger partial charge on any atom is 0.223 e. The largest absolute Gasteiger partial charge is 0.383 e. The van der Waals surface area contributed by atoms with Gasteiger partial charge in [-0.15, -0.1) is 0 Å². The monoisotopic (exact) mass is 343 g/mol. The summed E-state index contributed by atoms with van der Waals surface area (Å²) in [6.07, 6.45) is 5.41. The number of benzene rings is 1. The van der Waals surface area contributed by atoms with E-state index in [9.17, 15) is 0 Å². The third kappa shape index (κ3) is 3.90. The minimum absolute atomic E-state index is 0.124. The molecule has 1 aromatic carbocycles. The maximum atomic E-state index is 6.03. The first-order valence-electron chi connectivity index (χ1n) is 7.55. The molecule has 0 unspecified atom stereocenters. The number of halogens is 1. The molecule has 1 atom stereocenters. The van der Waals surface area contributed by atoms with Crippen LogP contribution in [-0.2, 0) is 4.74 Å². The van der Waals surface area contributed by atoms with Crippen molar-refractivity contribution in [3.05, 3.63) is 53.9 Å². The number of nitrogens with zero attached hydrogens (tertiary/aromatic N) is 4. The average Bonchev–Trinajstić information content (AvgIpc) is 3.05. The molecule has 6 nitrogen and oxygen atoms in total. The molecule has 1 N–H and O–H groups in total. The SMILES string of the molecule is COC[C@H](C)Nc1nccc(-c2cnn(-c3cccc(Cl)c3)c2)n1. The van der Waals surface area contributed by atoms with Gasteiger partial charge in [0, 0.05) is 36.1 Å². The molecule has 2 aromatic heterocycles. The van der Waals surface area contributed by atoms with Crippen LogP contribution in [0, 0.1) is 0 Å². The Morgan fingerprint density at radius 3 is 3.00 bits per heavy atom. The molecule has 0 aliphatic heterocycles. The normalized spacial score (nSPS) is 12.1. The number of hydrogen-bond acceptors (Lipinski definition) is 5. The van der Waals surface area contributed by atoms with E-state index in [1.54, 1.807) is 24.2 Å². The zero-order valence-electron chi connectivity index (χ0n) is 13.5. The smallest absolute Gasteiger partial charge is 0.223 e. The van der Waals surface area contributed by atoms with Gasteiger partial charge < -0.3 is 10.1 Å². The van der Waals surface area contributed by atoms with E-state index in [4.69, 9.17) is 16.3 Å². The molecule has 0 aliphatic carbocycles. The van der Waals surface area contributed by atoms with Crippen LogP contribution in [0.2, 0.25) is 5.02 Å². The average molecular weight is 344 g/mol. The molecular weight excluding hydrogens is 326 g/mol. The number of rotatable bonds is 6. The highest BCUT2D eigenvalue weighted by atomic mass is 35.5. The maximum absolute atomic E-state index is 6.03. The van der Waals surface area contributed by atoms with E-state index in [-0.39, 0.29) is 6.04 Å². The predicted molar refractivity (Wildman–Crippen MR) is 94.6 cm³/mol. The highest BCUT2D eigenvalue weighted by molar-refractivity contribution is 6.30. The zero-order chi connectivity index (χ0) is 16.9. The molecule has 2 heterocycles. The second-order valence-electron chi connectivity index (χ2n) is 5.42. The van der Waals surface area contributed by atoms with Crippen molar-refractivity contribution in [1.29, 1.82) is 0 Å². The molecule has 7 heteroatoms. The van der Waals surface area contributed by atoms with Crippen LogP contribution in [0.15, 0.2) is 48.9 Å². The number of nitrogens with one attached hydrogen (secondary N) is 1. The van der Waals surface area contributed by atoms with Crippen molar-refractivity contribution in [2.24, 2.45) is 0 Å². The molecule has 3 rings (SSSR count). The van der Waals surface area contributed by atoms with Crippen molar-refractivity contribution < 1.29 is 4.74 Å². The summed E-state index contributed by atoms with van der Waals surface area (Å²) in [6, 6.07) is 9.51. The molecule has 24 heavy (non-hydrogen) atoms. The predicted octanol–water partition coefficient (Wildman–Crippen LogP) is 3.43. The number of anilines is 1. The third-order valence-electron chi connectivity index (χ3n) is 3.40. The van der Waals surface area contributed by atoms with Crippen LogP contribution in [0.1, 0.15) is 6.92 Å². The summed E-state index contributed by atoms with van der Waals surface area (Å²) in [7, 11) is 1.67. The van der Waals surface area contributed by atoms with Gasteiger partial charge in [-0.2, -0.15) is 5.10 Å². The van der Waals surface area contributed by atoms with Crippen molar-refractivity contribution in [2.75, 3.05) is 19.0 Å². The minimum Gasteiger partial charge on any atom is -0.383 e.